The van der Waals surface area contributed by atoms with Crippen LogP contribution in [-0.4, -0.2) is 13.1 Å². The molecule has 0 saturated carbocycles. The summed E-state index contributed by atoms with van der Waals surface area (Å²) in [5.41, 5.74) is 0.169. The van der Waals surface area contributed by atoms with Crippen LogP contribution in [0, 0.1) is 5.82 Å². The molecule has 0 saturated heterocycles. The van der Waals surface area contributed by atoms with E-state index >= 15 is 0 Å². The Morgan fingerprint density at radius 2 is 1.94 bits per heavy atom. The number of hydrogen-bond acceptors (Lipinski definition) is 2. The lowest BCUT2D eigenvalue weighted by Crippen LogP contribution is -2.15. The molecule has 1 aromatic rings. The van der Waals surface area contributed by atoms with Gasteiger partial charge in [0.25, 0.3) is 0 Å². The van der Waals surface area contributed by atoms with E-state index in [0.29, 0.717) is 5.56 Å². The van der Waals surface area contributed by atoms with Crippen LogP contribution in [0.1, 0.15) is 36.7 Å². The standard InChI is InChI=1S/C12H14ClFO2/c1-12(2,3)8-6-9(13)7(5-10(8)14)11(15)16-4/h5-6H,1-4H3. The van der Waals surface area contributed by atoms with Gasteiger partial charge in [0.1, 0.15) is 5.82 Å². The first-order valence-electron chi connectivity index (χ1n) is 4.85. The summed E-state index contributed by atoms with van der Waals surface area (Å²) in [6.45, 7) is 5.62. The molecule has 4 heteroatoms. The highest BCUT2D eigenvalue weighted by Crippen LogP contribution is 2.30. The second kappa shape index (κ2) is 4.42. The van der Waals surface area contributed by atoms with Crippen molar-refractivity contribution in [2.45, 2.75) is 26.2 Å². The summed E-state index contributed by atoms with van der Waals surface area (Å²) in [6.07, 6.45) is 0. The number of esters is 1. The third-order valence-electron chi connectivity index (χ3n) is 2.27. The van der Waals surface area contributed by atoms with Crippen molar-refractivity contribution in [3.63, 3.8) is 0 Å². The highest BCUT2D eigenvalue weighted by molar-refractivity contribution is 6.33. The highest BCUT2D eigenvalue weighted by atomic mass is 35.5. The molecule has 0 heterocycles. The maximum Gasteiger partial charge on any atom is 0.339 e. The number of carbonyl (C=O) groups excluding carboxylic acids is 1. The molecule has 0 amide bonds. The first-order valence-corrected chi connectivity index (χ1v) is 5.23. The molecule has 2 nitrogen and oxygen atoms in total. The average molecular weight is 245 g/mol. The number of benzene rings is 1. The van der Waals surface area contributed by atoms with Crippen molar-refractivity contribution in [2.75, 3.05) is 7.11 Å². The molecule has 0 fully saturated rings. The fraction of sp³-hybridized carbons (Fsp3) is 0.417. The summed E-state index contributed by atoms with van der Waals surface area (Å²) < 4.78 is 18.3. The molecule has 0 aromatic heterocycles. The smallest absolute Gasteiger partial charge is 0.339 e. The number of rotatable bonds is 1. The third kappa shape index (κ3) is 2.53. The summed E-state index contributed by atoms with van der Waals surface area (Å²) in [5, 5.41) is 0.207. The Morgan fingerprint density at radius 3 is 2.38 bits per heavy atom. The van der Waals surface area contributed by atoms with Gasteiger partial charge < -0.3 is 4.74 Å². The zero-order valence-electron chi connectivity index (χ0n) is 9.73. The van der Waals surface area contributed by atoms with E-state index in [1.54, 1.807) is 0 Å². The van der Waals surface area contributed by atoms with E-state index in [1.807, 2.05) is 20.8 Å². The molecule has 1 aromatic carbocycles. The van der Waals surface area contributed by atoms with Crippen molar-refractivity contribution in [3.8, 4) is 0 Å². The molecule has 0 atom stereocenters. The van der Waals surface area contributed by atoms with Gasteiger partial charge in [0.2, 0.25) is 0 Å². The van der Waals surface area contributed by atoms with E-state index in [2.05, 4.69) is 4.74 Å². The van der Waals surface area contributed by atoms with Gasteiger partial charge in [-0.1, -0.05) is 32.4 Å². The molecule has 1 rings (SSSR count). The van der Waals surface area contributed by atoms with Gasteiger partial charge in [-0.25, -0.2) is 9.18 Å². The molecule has 0 aliphatic carbocycles. The largest absolute Gasteiger partial charge is 0.465 e. The number of carbonyl (C=O) groups is 1. The minimum absolute atomic E-state index is 0.0506. The van der Waals surface area contributed by atoms with Crippen LogP contribution >= 0.6 is 11.6 Å². The monoisotopic (exact) mass is 244 g/mol. The van der Waals surface area contributed by atoms with E-state index in [9.17, 15) is 9.18 Å². The van der Waals surface area contributed by atoms with Crippen molar-refractivity contribution in [3.05, 3.63) is 34.1 Å². The molecule has 16 heavy (non-hydrogen) atoms. The second-order valence-corrected chi connectivity index (χ2v) is 4.96. The number of ether oxygens (including phenoxy) is 1. The Morgan fingerprint density at radius 1 is 1.38 bits per heavy atom. The van der Waals surface area contributed by atoms with Gasteiger partial charge in [0, 0.05) is 0 Å². The predicted octanol–water partition coefficient (Wildman–Crippen LogP) is 3.56. The predicted molar refractivity (Wildman–Crippen MR) is 61.4 cm³/mol. The van der Waals surface area contributed by atoms with Crippen LogP contribution in [0.2, 0.25) is 5.02 Å². The molecule has 0 aliphatic heterocycles. The Balaban J connectivity index is 3.33. The maximum absolute atomic E-state index is 13.8. The van der Waals surface area contributed by atoms with Gasteiger partial charge in [0.05, 0.1) is 17.7 Å². The van der Waals surface area contributed by atoms with Gasteiger partial charge in [-0.05, 0) is 23.1 Å². The molecule has 0 aliphatic rings. The first-order chi connectivity index (χ1) is 7.27. The van der Waals surface area contributed by atoms with Gasteiger partial charge in [-0.15, -0.1) is 0 Å². The van der Waals surface area contributed by atoms with Crippen molar-refractivity contribution >= 4 is 17.6 Å². The molecular weight excluding hydrogens is 231 g/mol. The summed E-state index contributed by atoms with van der Waals surface area (Å²) >= 11 is 5.91. The van der Waals surface area contributed by atoms with Gasteiger partial charge in [0.15, 0.2) is 0 Å². The Labute approximate surface area is 99.4 Å². The van der Waals surface area contributed by atoms with E-state index in [4.69, 9.17) is 11.6 Å². The zero-order valence-corrected chi connectivity index (χ0v) is 10.5. The fourth-order valence-electron chi connectivity index (χ4n) is 1.39. The van der Waals surface area contributed by atoms with Crippen molar-refractivity contribution in [2.24, 2.45) is 0 Å². The lowest BCUT2D eigenvalue weighted by Gasteiger charge is -2.20. The second-order valence-electron chi connectivity index (χ2n) is 4.55. The minimum Gasteiger partial charge on any atom is -0.465 e. The van der Waals surface area contributed by atoms with Gasteiger partial charge in [-0.3, -0.25) is 0 Å². The Bertz CT molecular complexity index is 422. The zero-order chi connectivity index (χ0) is 12.5. The average Bonchev–Trinajstić information content (AvgIpc) is 2.18. The Hall–Kier alpha value is -1.09. The molecule has 0 spiro atoms. The molecule has 0 bridgehead atoms. The molecule has 0 unspecified atom stereocenters. The molecule has 0 radical (unpaired) electrons. The summed E-state index contributed by atoms with van der Waals surface area (Å²) in [7, 11) is 1.23. The quantitative estimate of drug-likeness (QED) is 0.706. The van der Waals surface area contributed by atoms with Crippen LogP contribution in [0.4, 0.5) is 4.39 Å². The van der Waals surface area contributed by atoms with Crippen LogP contribution in [0.15, 0.2) is 12.1 Å². The normalized spacial score (nSPS) is 11.4. The van der Waals surface area contributed by atoms with Crippen LogP contribution in [0.5, 0.6) is 0 Å². The lowest BCUT2D eigenvalue weighted by molar-refractivity contribution is 0.0600. The van der Waals surface area contributed by atoms with Gasteiger partial charge in [-0.2, -0.15) is 0 Å². The minimum atomic E-state index is -0.635. The summed E-state index contributed by atoms with van der Waals surface area (Å²) in [6, 6.07) is 2.60. The van der Waals surface area contributed by atoms with E-state index < -0.39 is 11.8 Å². The van der Waals surface area contributed by atoms with Crippen molar-refractivity contribution in [1.29, 1.82) is 0 Å². The van der Waals surface area contributed by atoms with Crippen LogP contribution < -0.4 is 0 Å². The number of halogens is 2. The van der Waals surface area contributed by atoms with E-state index in [-0.39, 0.29) is 16.0 Å². The van der Waals surface area contributed by atoms with E-state index in [0.717, 1.165) is 6.07 Å². The van der Waals surface area contributed by atoms with Crippen molar-refractivity contribution < 1.29 is 13.9 Å². The molecular formula is C12H14ClFO2. The topological polar surface area (TPSA) is 26.3 Å². The van der Waals surface area contributed by atoms with Crippen LogP contribution in [0.25, 0.3) is 0 Å². The van der Waals surface area contributed by atoms with Gasteiger partial charge >= 0.3 is 5.97 Å². The maximum atomic E-state index is 13.8. The summed E-state index contributed by atoms with van der Waals surface area (Å²) in [5.74, 6) is -1.08. The van der Waals surface area contributed by atoms with Crippen LogP contribution in [0.3, 0.4) is 0 Å². The first kappa shape index (κ1) is 13.0. The third-order valence-corrected chi connectivity index (χ3v) is 2.58. The lowest BCUT2D eigenvalue weighted by atomic mass is 9.86. The van der Waals surface area contributed by atoms with E-state index in [1.165, 1.54) is 13.2 Å². The SMILES string of the molecule is COC(=O)c1cc(F)c(C(C)(C)C)cc1Cl. The summed E-state index contributed by atoms with van der Waals surface area (Å²) in [4.78, 5) is 11.3. The number of methoxy groups -OCH3 is 1. The van der Waals surface area contributed by atoms with Crippen LogP contribution in [-0.2, 0) is 10.2 Å². The number of hydrogen-bond donors (Lipinski definition) is 0. The molecule has 0 N–H and O–H groups in total. The Kier molecular flexibility index (Phi) is 3.58. The van der Waals surface area contributed by atoms with Crippen molar-refractivity contribution in [1.82, 2.24) is 0 Å². The highest BCUT2D eigenvalue weighted by Gasteiger charge is 2.22. The molecule has 88 valence electrons. The fourth-order valence-corrected chi connectivity index (χ4v) is 1.63.